The van der Waals surface area contributed by atoms with E-state index in [-0.39, 0.29) is 5.82 Å². The molecular weight excluding hydrogens is 241 g/mol. The van der Waals surface area contributed by atoms with Gasteiger partial charge in [-0.3, -0.25) is 4.98 Å². The van der Waals surface area contributed by atoms with Crippen molar-refractivity contribution in [3.63, 3.8) is 0 Å². The van der Waals surface area contributed by atoms with Crippen LogP contribution in [0.25, 0.3) is 10.8 Å². The molecule has 2 aromatic carbocycles. The van der Waals surface area contributed by atoms with Gasteiger partial charge in [0.2, 0.25) is 0 Å². The molecule has 0 aliphatic rings. The van der Waals surface area contributed by atoms with E-state index in [4.69, 9.17) is 4.74 Å². The van der Waals surface area contributed by atoms with Crippen LogP contribution in [0.4, 0.5) is 4.39 Å². The molecule has 2 nitrogen and oxygen atoms in total. The van der Waals surface area contributed by atoms with Gasteiger partial charge in [-0.15, -0.1) is 0 Å². The van der Waals surface area contributed by atoms with E-state index in [2.05, 4.69) is 4.98 Å². The third kappa shape index (κ3) is 2.55. The summed E-state index contributed by atoms with van der Waals surface area (Å²) in [5, 5.41) is 2.18. The van der Waals surface area contributed by atoms with Crippen molar-refractivity contribution in [2.45, 2.75) is 6.61 Å². The topological polar surface area (TPSA) is 22.1 Å². The van der Waals surface area contributed by atoms with Crippen LogP contribution in [0.3, 0.4) is 0 Å². The molecule has 3 heteroatoms. The number of ether oxygens (including phenoxy) is 1. The SMILES string of the molecule is Fc1cccc(OCc2nccc3ccccc23)c1. The fourth-order valence-electron chi connectivity index (χ4n) is 2.01. The normalized spacial score (nSPS) is 10.6. The van der Waals surface area contributed by atoms with Gasteiger partial charge in [0.05, 0.1) is 5.69 Å². The molecule has 3 rings (SSSR count). The molecule has 1 aromatic heterocycles. The lowest BCUT2D eigenvalue weighted by atomic mass is 10.1. The molecule has 0 aliphatic heterocycles. The van der Waals surface area contributed by atoms with Crippen molar-refractivity contribution in [1.29, 1.82) is 0 Å². The molecule has 0 fully saturated rings. The van der Waals surface area contributed by atoms with E-state index in [9.17, 15) is 4.39 Å². The van der Waals surface area contributed by atoms with Crippen LogP contribution in [-0.4, -0.2) is 4.98 Å². The van der Waals surface area contributed by atoms with Gasteiger partial charge in [0.25, 0.3) is 0 Å². The lowest BCUT2D eigenvalue weighted by molar-refractivity contribution is 0.301. The number of fused-ring (bicyclic) bond motifs is 1. The summed E-state index contributed by atoms with van der Waals surface area (Å²) < 4.78 is 18.6. The summed E-state index contributed by atoms with van der Waals surface area (Å²) in [4.78, 5) is 4.33. The lowest BCUT2D eigenvalue weighted by Crippen LogP contribution is -1.99. The number of pyridine rings is 1. The van der Waals surface area contributed by atoms with Crippen LogP contribution in [0, 0.1) is 5.82 Å². The third-order valence-corrected chi connectivity index (χ3v) is 2.93. The van der Waals surface area contributed by atoms with E-state index in [1.807, 2.05) is 30.3 Å². The average molecular weight is 253 g/mol. The average Bonchev–Trinajstić information content (AvgIpc) is 2.45. The molecule has 0 saturated heterocycles. The summed E-state index contributed by atoms with van der Waals surface area (Å²) in [7, 11) is 0. The van der Waals surface area contributed by atoms with Crippen LogP contribution in [0.15, 0.2) is 60.8 Å². The Labute approximate surface area is 110 Å². The highest BCUT2D eigenvalue weighted by Gasteiger charge is 2.03. The van der Waals surface area contributed by atoms with E-state index in [1.165, 1.54) is 12.1 Å². The van der Waals surface area contributed by atoms with Gasteiger partial charge in [-0.05, 0) is 23.6 Å². The van der Waals surface area contributed by atoms with Crippen molar-refractivity contribution in [2.75, 3.05) is 0 Å². The van der Waals surface area contributed by atoms with Gasteiger partial charge in [0, 0.05) is 17.6 Å². The molecule has 0 spiro atoms. The van der Waals surface area contributed by atoms with Gasteiger partial charge in [-0.25, -0.2) is 4.39 Å². The second kappa shape index (κ2) is 5.06. The maximum absolute atomic E-state index is 13.1. The van der Waals surface area contributed by atoms with Crippen molar-refractivity contribution < 1.29 is 9.13 Å². The molecular formula is C16H12FNO. The Morgan fingerprint density at radius 2 is 1.89 bits per heavy atom. The quantitative estimate of drug-likeness (QED) is 0.705. The largest absolute Gasteiger partial charge is 0.487 e. The first-order valence-corrected chi connectivity index (χ1v) is 6.04. The molecule has 0 bridgehead atoms. The van der Waals surface area contributed by atoms with E-state index in [0.29, 0.717) is 12.4 Å². The maximum Gasteiger partial charge on any atom is 0.131 e. The molecule has 0 N–H and O–H groups in total. The van der Waals surface area contributed by atoms with Gasteiger partial charge < -0.3 is 4.74 Å². The van der Waals surface area contributed by atoms with Gasteiger partial charge in [0.1, 0.15) is 18.2 Å². The molecule has 0 saturated carbocycles. The summed E-state index contributed by atoms with van der Waals surface area (Å²) in [5.41, 5.74) is 0.849. The van der Waals surface area contributed by atoms with Crippen LogP contribution in [0.1, 0.15) is 5.69 Å². The summed E-state index contributed by atoms with van der Waals surface area (Å²) in [6, 6.07) is 16.1. The summed E-state index contributed by atoms with van der Waals surface area (Å²) in [5.74, 6) is 0.207. The molecule has 3 aromatic rings. The van der Waals surface area contributed by atoms with Gasteiger partial charge in [0.15, 0.2) is 0 Å². The Morgan fingerprint density at radius 1 is 1.00 bits per heavy atom. The molecule has 94 valence electrons. The van der Waals surface area contributed by atoms with Crippen molar-refractivity contribution in [3.05, 3.63) is 72.3 Å². The molecule has 0 atom stereocenters. The number of hydrogen-bond acceptors (Lipinski definition) is 2. The number of nitrogens with zero attached hydrogens (tertiary/aromatic N) is 1. The molecule has 1 heterocycles. The third-order valence-electron chi connectivity index (χ3n) is 2.93. The molecule has 0 radical (unpaired) electrons. The van der Waals surface area contributed by atoms with Crippen LogP contribution < -0.4 is 4.74 Å². The van der Waals surface area contributed by atoms with Gasteiger partial charge >= 0.3 is 0 Å². The minimum atomic E-state index is -0.302. The molecule has 0 amide bonds. The maximum atomic E-state index is 13.1. The number of rotatable bonds is 3. The highest BCUT2D eigenvalue weighted by Crippen LogP contribution is 2.19. The first-order chi connectivity index (χ1) is 9.33. The van der Waals surface area contributed by atoms with E-state index < -0.39 is 0 Å². The highest BCUT2D eigenvalue weighted by molar-refractivity contribution is 5.84. The van der Waals surface area contributed by atoms with Crippen molar-refractivity contribution in [1.82, 2.24) is 4.98 Å². The minimum absolute atomic E-state index is 0.302. The Balaban J connectivity index is 1.86. The monoisotopic (exact) mass is 253 g/mol. The summed E-state index contributed by atoms with van der Waals surface area (Å²) in [6.45, 7) is 0.324. The Morgan fingerprint density at radius 3 is 2.79 bits per heavy atom. The van der Waals surface area contributed by atoms with Crippen molar-refractivity contribution >= 4 is 10.8 Å². The van der Waals surface area contributed by atoms with Crippen molar-refractivity contribution in [2.24, 2.45) is 0 Å². The zero-order valence-electron chi connectivity index (χ0n) is 10.2. The summed E-state index contributed by atoms with van der Waals surface area (Å²) >= 11 is 0. The highest BCUT2D eigenvalue weighted by atomic mass is 19.1. The predicted octanol–water partition coefficient (Wildman–Crippen LogP) is 3.95. The Kier molecular flexibility index (Phi) is 3.11. The first kappa shape index (κ1) is 11.7. The Hall–Kier alpha value is -2.42. The predicted molar refractivity (Wildman–Crippen MR) is 72.5 cm³/mol. The van der Waals surface area contributed by atoms with Crippen LogP contribution in [0.2, 0.25) is 0 Å². The minimum Gasteiger partial charge on any atom is -0.487 e. The molecule has 0 aliphatic carbocycles. The van der Waals surface area contributed by atoms with Crippen molar-refractivity contribution in [3.8, 4) is 5.75 Å². The standard InChI is InChI=1S/C16H12FNO/c17-13-5-3-6-14(10-13)19-11-16-15-7-2-1-4-12(15)8-9-18-16/h1-10H,11H2. The van der Waals surface area contributed by atoms with E-state index in [0.717, 1.165) is 16.5 Å². The van der Waals surface area contributed by atoms with E-state index >= 15 is 0 Å². The summed E-state index contributed by atoms with van der Waals surface area (Å²) in [6.07, 6.45) is 1.76. The van der Waals surface area contributed by atoms with E-state index in [1.54, 1.807) is 18.3 Å². The van der Waals surface area contributed by atoms with Crippen LogP contribution in [-0.2, 0) is 6.61 Å². The lowest BCUT2D eigenvalue weighted by Gasteiger charge is -2.08. The van der Waals surface area contributed by atoms with Crippen LogP contribution >= 0.6 is 0 Å². The number of halogens is 1. The zero-order valence-corrected chi connectivity index (χ0v) is 10.2. The number of aromatic nitrogens is 1. The van der Waals surface area contributed by atoms with Crippen LogP contribution in [0.5, 0.6) is 5.75 Å². The molecule has 19 heavy (non-hydrogen) atoms. The fraction of sp³-hybridized carbons (Fsp3) is 0.0625. The fourth-order valence-corrected chi connectivity index (χ4v) is 2.01. The number of hydrogen-bond donors (Lipinski definition) is 0. The van der Waals surface area contributed by atoms with Gasteiger partial charge in [-0.2, -0.15) is 0 Å². The zero-order chi connectivity index (χ0) is 13.1. The first-order valence-electron chi connectivity index (χ1n) is 6.04. The second-order valence-corrected chi connectivity index (χ2v) is 4.22. The Bertz CT molecular complexity index is 706. The number of benzene rings is 2. The van der Waals surface area contributed by atoms with Gasteiger partial charge in [-0.1, -0.05) is 30.3 Å². The molecule has 0 unspecified atom stereocenters. The second-order valence-electron chi connectivity index (χ2n) is 4.22. The smallest absolute Gasteiger partial charge is 0.131 e.